The summed E-state index contributed by atoms with van der Waals surface area (Å²) in [7, 11) is 0. The first-order chi connectivity index (χ1) is 10.4. The van der Waals surface area contributed by atoms with Crippen molar-refractivity contribution in [2.45, 2.75) is 96.2 Å². The van der Waals surface area contributed by atoms with Crippen LogP contribution < -0.4 is 10.6 Å². The molecule has 2 saturated carbocycles. The Morgan fingerprint density at radius 1 is 1.05 bits per heavy atom. The topological polar surface area (TPSA) is 50.4 Å². The van der Waals surface area contributed by atoms with Gasteiger partial charge in [-0.05, 0) is 52.4 Å². The van der Waals surface area contributed by atoms with E-state index in [0.29, 0.717) is 18.6 Å². The lowest BCUT2D eigenvalue weighted by Gasteiger charge is -2.28. The van der Waals surface area contributed by atoms with Gasteiger partial charge in [0.1, 0.15) is 5.60 Å². The van der Waals surface area contributed by atoms with Gasteiger partial charge in [-0.15, -0.1) is 0 Å². The second kappa shape index (κ2) is 8.19. The molecule has 2 aliphatic carbocycles. The number of alkyl carbamates (subject to hydrolysis) is 1. The van der Waals surface area contributed by atoms with E-state index in [1.165, 1.54) is 57.8 Å². The fourth-order valence-corrected chi connectivity index (χ4v) is 3.29. The Hall–Kier alpha value is -0.770. The number of rotatable bonds is 5. The Bertz CT molecular complexity index is 339. The quantitative estimate of drug-likeness (QED) is 0.807. The standard InChI is InChI=1S/C18H34N2O2/c1-18(2,3)22-17(21)19-13-16(14-11-12-14)20-15-9-7-5-4-6-8-10-15/h14-16,20H,4-13H2,1-3H3,(H,19,21). The summed E-state index contributed by atoms with van der Waals surface area (Å²) >= 11 is 0. The molecule has 22 heavy (non-hydrogen) atoms. The fraction of sp³-hybridized carbons (Fsp3) is 0.944. The highest BCUT2D eigenvalue weighted by Gasteiger charge is 2.33. The number of ether oxygens (including phenoxy) is 1. The molecule has 0 heterocycles. The van der Waals surface area contributed by atoms with E-state index in [1.54, 1.807) is 0 Å². The molecule has 0 aromatic heterocycles. The van der Waals surface area contributed by atoms with Crippen molar-refractivity contribution in [2.24, 2.45) is 5.92 Å². The average Bonchev–Trinajstić information content (AvgIpc) is 3.18. The molecule has 0 bridgehead atoms. The second-order valence-electron chi connectivity index (χ2n) is 8.04. The fourth-order valence-electron chi connectivity index (χ4n) is 3.29. The smallest absolute Gasteiger partial charge is 0.407 e. The summed E-state index contributed by atoms with van der Waals surface area (Å²) < 4.78 is 5.34. The van der Waals surface area contributed by atoms with Gasteiger partial charge in [0.05, 0.1) is 0 Å². The highest BCUT2D eigenvalue weighted by atomic mass is 16.6. The molecule has 4 heteroatoms. The lowest BCUT2D eigenvalue weighted by molar-refractivity contribution is 0.0519. The SMILES string of the molecule is CC(C)(C)OC(=O)NCC(NC1CCCCCCC1)C1CC1. The lowest BCUT2D eigenvalue weighted by atomic mass is 9.95. The van der Waals surface area contributed by atoms with Crippen molar-refractivity contribution in [3.05, 3.63) is 0 Å². The number of carbonyl (C=O) groups is 1. The summed E-state index contributed by atoms with van der Waals surface area (Å²) in [6.07, 6.45) is 11.7. The van der Waals surface area contributed by atoms with Crippen LogP contribution in [0.4, 0.5) is 4.79 Å². The van der Waals surface area contributed by atoms with E-state index in [0.717, 1.165) is 5.92 Å². The van der Waals surface area contributed by atoms with Crippen LogP contribution in [0.25, 0.3) is 0 Å². The molecule has 2 fully saturated rings. The molecule has 128 valence electrons. The van der Waals surface area contributed by atoms with Crippen LogP contribution in [0.2, 0.25) is 0 Å². The third kappa shape index (κ3) is 6.99. The summed E-state index contributed by atoms with van der Waals surface area (Å²) in [5, 5.41) is 6.79. The number of hydrogen-bond donors (Lipinski definition) is 2. The molecule has 2 rings (SSSR count). The van der Waals surface area contributed by atoms with E-state index in [9.17, 15) is 4.79 Å². The van der Waals surface area contributed by atoms with Crippen LogP contribution in [0.15, 0.2) is 0 Å². The first kappa shape index (κ1) is 17.6. The van der Waals surface area contributed by atoms with E-state index in [1.807, 2.05) is 20.8 Å². The van der Waals surface area contributed by atoms with Crippen molar-refractivity contribution in [2.75, 3.05) is 6.54 Å². The highest BCUT2D eigenvalue weighted by Crippen LogP contribution is 2.33. The Balaban J connectivity index is 1.76. The van der Waals surface area contributed by atoms with E-state index < -0.39 is 5.60 Å². The number of hydrogen-bond acceptors (Lipinski definition) is 3. The van der Waals surface area contributed by atoms with E-state index in [2.05, 4.69) is 10.6 Å². The molecule has 0 saturated heterocycles. The molecule has 0 aromatic carbocycles. The van der Waals surface area contributed by atoms with Gasteiger partial charge in [0.2, 0.25) is 0 Å². The third-order valence-corrected chi connectivity index (χ3v) is 4.61. The predicted octanol–water partition coefficient (Wildman–Crippen LogP) is 3.99. The van der Waals surface area contributed by atoms with Crippen LogP contribution in [0.1, 0.15) is 78.6 Å². The van der Waals surface area contributed by atoms with Gasteiger partial charge in [-0.1, -0.05) is 32.1 Å². The monoisotopic (exact) mass is 310 g/mol. The van der Waals surface area contributed by atoms with Crippen molar-refractivity contribution in [3.63, 3.8) is 0 Å². The van der Waals surface area contributed by atoms with Crippen LogP contribution in [0.3, 0.4) is 0 Å². The molecule has 4 nitrogen and oxygen atoms in total. The van der Waals surface area contributed by atoms with E-state index in [4.69, 9.17) is 4.74 Å². The molecule has 2 N–H and O–H groups in total. The molecule has 1 unspecified atom stereocenters. The van der Waals surface area contributed by atoms with Gasteiger partial charge in [0.25, 0.3) is 0 Å². The molecule has 2 aliphatic rings. The lowest BCUT2D eigenvalue weighted by Crippen LogP contribution is -2.47. The van der Waals surface area contributed by atoms with Gasteiger partial charge in [-0.3, -0.25) is 0 Å². The largest absolute Gasteiger partial charge is 0.444 e. The van der Waals surface area contributed by atoms with Crippen LogP contribution in [-0.2, 0) is 4.74 Å². The maximum Gasteiger partial charge on any atom is 0.407 e. The second-order valence-corrected chi connectivity index (χ2v) is 8.04. The van der Waals surface area contributed by atoms with Gasteiger partial charge in [-0.25, -0.2) is 4.79 Å². The molecule has 0 radical (unpaired) electrons. The van der Waals surface area contributed by atoms with Crippen molar-refractivity contribution in [1.82, 2.24) is 10.6 Å². The summed E-state index contributed by atoms with van der Waals surface area (Å²) in [6.45, 7) is 6.39. The van der Waals surface area contributed by atoms with Crippen molar-refractivity contribution in [3.8, 4) is 0 Å². The number of amides is 1. The molecule has 1 amide bonds. The Morgan fingerprint density at radius 3 is 2.18 bits per heavy atom. The summed E-state index contributed by atoms with van der Waals surface area (Å²) in [6, 6.07) is 1.04. The number of nitrogens with one attached hydrogen (secondary N) is 2. The molecular weight excluding hydrogens is 276 g/mol. The first-order valence-corrected chi connectivity index (χ1v) is 9.17. The minimum atomic E-state index is -0.424. The summed E-state index contributed by atoms with van der Waals surface area (Å²) in [5.74, 6) is 0.736. The number of carbonyl (C=O) groups excluding carboxylic acids is 1. The summed E-state index contributed by atoms with van der Waals surface area (Å²) in [5.41, 5.74) is -0.424. The molecule has 1 atom stereocenters. The van der Waals surface area contributed by atoms with Crippen molar-refractivity contribution >= 4 is 6.09 Å². The van der Waals surface area contributed by atoms with Gasteiger partial charge in [-0.2, -0.15) is 0 Å². The average molecular weight is 310 g/mol. The normalized spacial score (nSPS) is 22.5. The third-order valence-electron chi connectivity index (χ3n) is 4.61. The Kier molecular flexibility index (Phi) is 6.54. The molecule has 0 spiro atoms. The van der Waals surface area contributed by atoms with Gasteiger partial charge < -0.3 is 15.4 Å². The summed E-state index contributed by atoms with van der Waals surface area (Å²) in [4.78, 5) is 11.8. The zero-order valence-electron chi connectivity index (χ0n) is 14.6. The maximum atomic E-state index is 11.8. The van der Waals surface area contributed by atoms with Crippen LogP contribution in [0, 0.1) is 5.92 Å². The van der Waals surface area contributed by atoms with Gasteiger partial charge in [0, 0.05) is 18.6 Å². The van der Waals surface area contributed by atoms with Crippen molar-refractivity contribution < 1.29 is 9.53 Å². The molecule has 0 aliphatic heterocycles. The van der Waals surface area contributed by atoms with E-state index in [-0.39, 0.29) is 6.09 Å². The van der Waals surface area contributed by atoms with Crippen LogP contribution >= 0.6 is 0 Å². The Labute approximate surface area is 135 Å². The zero-order valence-corrected chi connectivity index (χ0v) is 14.6. The van der Waals surface area contributed by atoms with E-state index >= 15 is 0 Å². The highest BCUT2D eigenvalue weighted by molar-refractivity contribution is 5.67. The van der Waals surface area contributed by atoms with Gasteiger partial charge >= 0.3 is 6.09 Å². The van der Waals surface area contributed by atoms with Crippen LogP contribution in [0.5, 0.6) is 0 Å². The van der Waals surface area contributed by atoms with Crippen LogP contribution in [-0.4, -0.2) is 30.3 Å². The predicted molar refractivity (Wildman–Crippen MR) is 90.0 cm³/mol. The first-order valence-electron chi connectivity index (χ1n) is 9.17. The molecular formula is C18H34N2O2. The molecule has 0 aromatic rings. The minimum absolute atomic E-state index is 0.294. The van der Waals surface area contributed by atoms with Crippen molar-refractivity contribution in [1.29, 1.82) is 0 Å². The Morgan fingerprint density at radius 2 is 1.64 bits per heavy atom. The van der Waals surface area contributed by atoms with Gasteiger partial charge in [0.15, 0.2) is 0 Å². The maximum absolute atomic E-state index is 11.8. The minimum Gasteiger partial charge on any atom is -0.444 e. The zero-order chi connectivity index (χ0) is 16.0.